The summed E-state index contributed by atoms with van der Waals surface area (Å²) in [5.41, 5.74) is -5.98. The zero-order chi connectivity index (χ0) is 15.9. The monoisotopic (exact) mass is 306 g/mol. The van der Waals surface area contributed by atoms with Crippen molar-refractivity contribution in [1.29, 1.82) is 0 Å². The largest absolute Gasteiger partial charge is 0.479 e. The van der Waals surface area contributed by atoms with Crippen molar-refractivity contribution in [2.45, 2.75) is 18.5 Å². The molecule has 1 atom stereocenters. The van der Waals surface area contributed by atoms with Crippen LogP contribution in [0.25, 0.3) is 0 Å². The lowest BCUT2D eigenvalue weighted by molar-refractivity contribution is -0.162. The van der Waals surface area contributed by atoms with Crippen molar-refractivity contribution in [3.05, 3.63) is 34.6 Å². The van der Waals surface area contributed by atoms with Gasteiger partial charge < -0.3 is 10.2 Å². The molecule has 0 heterocycles. The van der Waals surface area contributed by atoms with Crippen molar-refractivity contribution < 1.29 is 45.7 Å². The zero-order valence-corrected chi connectivity index (χ0v) is 9.18. The lowest BCUT2D eigenvalue weighted by atomic mass is 9.99. The van der Waals surface area contributed by atoms with Crippen LogP contribution in [-0.2, 0) is 17.1 Å². The standard InChI is InChI=1S/C10H5F7O3/c11-6-2-5(10(15,16)17)4(9(12,13)14)1-3(6)7(18)8(19)20/h1-2,7,18H,(H,19,20). The second-order valence-corrected chi connectivity index (χ2v) is 3.66. The van der Waals surface area contributed by atoms with Crippen LogP contribution in [0.5, 0.6) is 0 Å². The van der Waals surface area contributed by atoms with Crippen LogP contribution in [0, 0.1) is 5.82 Å². The fourth-order valence-electron chi connectivity index (χ4n) is 1.40. The van der Waals surface area contributed by atoms with Crippen LogP contribution in [0.3, 0.4) is 0 Å². The molecule has 2 N–H and O–H groups in total. The van der Waals surface area contributed by atoms with E-state index in [-0.39, 0.29) is 6.07 Å². The minimum atomic E-state index is -5.49. The maximum absolute atomic E-state index is 13.3. The van der Waals surface area contributed by atoms with Crippen molar-refractivity contribution in [1.82, 2.24) is 0 Å². The third-order valence-electron chi connectivity index (χ3n) is 2.28. The van der Waals surface area contributed by atoms with Gasteiger partial charge in [0.2, 0.25) is 0 Å². The van der Waals surface area contributed by atoms with E-state index in [1.807, 2.05) is 0 Å². The number of aliphatic hydroxyl groups excluding tert-OH is 1. The Kier molecular flexibility index (Phi) is 3.99. The van der Waals surface area contributed by atoms with E-state index in [1.165, 1.54) is 0 Å². The average molecular weight is 306 g/mol. The summed E-state index contributed by atoms with van der Waals surface area (Å²) in [5.74, 6) is -4.00. The Balaban J connectivity index is 3.61. The molecule has 10 heteroatoms. The summed E-state index contributed by atoms with van der Waals surface area (Å²) in [6.45, 7) is 0. The summed E-state index contributed by atoms with van der Waals surface area (Å²) in [7, 11) is 0. The molecule has 1 unspecified atom stereocenters. The van der Waals surface area contributed by atoms with Gasteiger partial charge in [0.1, 0.15) is 5.82 Å². The third-order valence-corrected chi connectivity index (χ3v) is 2.28. The number of carboxylic acids is 1. The summed E-state index contributed by atoms with van der Waals surface area (Å²) in [5, 5.41) is 17.3. The number of halogens is 7. The summed E-state index contributed by atoms with van der Waals surface area (Å²) >= 11 is 0. The maximum Gasteiger partial charge on any atom is 0.417 e. The van der Waals surface area contributed by atoms with Gasteiger partial charge in [0.05, 0.1) is 11.1 Å². The first-order valence-corrected chi connectivity index (χ1v) is 4.74. The predicted molar refractivity (Wildman–Crippen MR) is 49.0 cm³/mol. The molecule has 0 amide bonds. The van der Waals surface area contributed by atoms with E-state index in [0.717, 1.165) is 0 Å². The fourth-order valence-corrected chi connectivity index (χ4v) is 1.40. The van der Waals surface area contributed by atoms with Crippen molar-refractivity contribution in [2.75, 3.05) is 0 Å². The van der Waals surface area contributed by atoms with Gasteiger partial charge in [0, 0.05) is 5.56 Å². The molecule has 0 spiro atoms. The van der Waals surface area contributed by atoms with Gasteiger partial charge in [-0.05, 0) is 12.1 Å². The van der Waals surface area contributed by atoms with E-state index < -0.39 is 53.0 Å². The molecule has 0 radical (unpaired) electrons. The maximum atomic E-state index is 13.3. The van der Waals surface area contributed by atoms with Gasteiger partial charge in [-0.1, -0.05) is 0 Å². The number of aliphatic carboxylic acids is 1. The Morgan fingerprint density at radius 2 is 1.40 bits per heavy atom. The number of hydrogen-bond donors (Lipinski definition) is 2. The molecule has 0 saturated heterocycles. The number of hydrogen-bond acceptors (Lipinski definition) is 2. The van der Waals surface area contributed by atoms with E-state index in [9.17, 15) is 35.5 Å². The van der Waals surface area contributed by atoms with Crippen molar-refractivity contribution in [2.24, 2.45) is 0 Å². The van der Waals surface area contributed by atoms with Crippen molar-refractivity contribution in [3.8, 4) is 0 Å². The summed E-state index contributed by atoms with van der Waals surface area (Å²) in [6, 6.07) is -0.860. The molecule has 1 aromatic carbocycles. The minimum Gasteiger partial charge on any atom is -0.479 e. The number of aliphatic hydroxyl groups is 1. The first kappa shape index (κ1) is 16.2. The molecular formula is C10H5F7O3. The van der Waals surface area contributed by atoms with E-state index in [0.29, 0.717) is 0 Å². The molecular weight excluding hydrogens is 301 g/mol. The summed E-state index contributed by atoms with van der Waals surface area (Å²) in [6.07, 6.45) is -13.7. The first-order chi connectivity index (χ1) is 8.85. The van der Waals surface area contributed by atoms with Crippen molar-refractivity contribution in [3.63, 3.8) is 0 Å². The van der Waals surface area contributed by atoms with Crippen LogP contribution in [0.4, 0.5) is 30.7 Å². The molecule has 3 nitrogen and oxygen atoms in total. The molecule has 0 fully saturated rings. The molecule has 1 rings (SSSR count). The highest BCUT2D eigenvalue weighted by Crippen LogP contribution is 2.42. The van der Waals surface area contributed by atoms with Crippen LogP contribution in [-0.4, -0.2) is 16.2 Å². The number of benzene rings is 1. The molecule has 1 aromatic rings. The van der Waals surface area contributed by atoms with E-state index in [4.69, 9.17) is 10.2 Å². The first-order valence-electron chi connectivity index (χ1n) is 4.74. The lowest BCUT2D eigenvalue weighted by Crippen LogP contribution is -2.20. The lowest BCUT2D eigenvalue weighted by Gasteiger charge is -2.18. The predicted octanol–water partition coefficient (Wildman–Crippen LogP) is 2.98. The summed E-state index contributed by atoms with van der Waals surface area (Å²) in [4.78, 5) is 10.4. The molecule has 0 aliphatic rings. The van der Waals surface area contributed by atoms with E-state index in [2.05, 4.69) is 0 Å². The van der Waals surface area contributed by atoms with Gasteiger partial charge in [-0.25, -0.2) is 9.18 Å². The highest BCUT2D eigenvalue weighted by atomic mass is 19.4. The molecule has 0 aliphatic carbocycles. The van der Waals surface area contributed by atoms with Crippen LogP contribution in [0.2, 0.25) is 0 Å². The van der Waals surface area contributed by atoms with Crippen LogP contribution in [0.15, 0.2) is 12.1 Å². The molecule has 112 valence electrons. The van der Waals surface area contributed by atoms with Gasteiger partial charge in [-0.3, -0.25) is 0 Å². The Bertz CT molecular complexity index is 533. The molecule has 0 saturated carbocycles. The number of carboxylic acid groups (broad SMARTS) is 1. The molecule has 0 aliphatic heterocycles. The van der Waals surface area contributed by atoms with Gasteiger partial charge in [-0.2, -0.15) is 26.3 Å². The molecule has 20 heavy (non-hydrogen) atoms. The third kappa shape index (κ3) is 3.18. The Morgan fingerprint density at radius 1 is 1.00 bits per heavy atom. The van der Waals surface area contributed by atoms with Crippen LogP contribution >= 0.6 is 0 Å². The number of alkyl halides is 6. The second kappa shape index (κ2) is 4.93. The number of carbonyl (C=O) groups is 1. The van der Waals surface area contributed by atoms with Gasteiger partial charge >= 0.3 is 18.3 Å². The number of rotatable bonds is 2. The average Bonchev–Trinajstić information content (AvgIpc) is 2.24. The normalized spacial score (nSPS) is 14.2. The van der Waals surface area contributed by atoms with Crippen LogP contribution in [0.1, 0.15) is 22.8 Å². The highest BCUT2D eigenvalue weighted by molar-refractivity contribution is 5.74. The van der Waals surface area contributed by atoms with E-state index >= 15 is 0 Å². The Hall–Kier alpha value is -1.84. The molecule has 0 bridgehead atoms. The van der Waals surface area contributed by atoms with E-state index in [1.54, 1.807) is 0 Å². The topological polar surface area (TPSA) is 57.5 Å². The smallest absolute Gasteiger partial charge is 0.417 e. The van der Waals surface area contributed by atoms with Gasteiger partial charge in [0.25, 0.3) is 0 Å². The Morgan fingerprint density at radius 3 is 1.75 bits per heavy atom. The SMILES string of the molecule is O=C(O)C(O)c1cc(C(F)(F)F)c(C(F)(F)F)cc1F. The van der Waals surface area contributed by atoms with Crippen molar-refractivity contribution >= 4 is 5.97 Å². The van der Waals surface area contributed by atoms with Gasteiger partial charge in [-0.15, -0.1) is 0 Å². The quantitative estimate of drug-likeness (QED) is 0.826. The molecule has 0 aromatic heterocycles. The second-order valence-electron chi connectivity index (χ2n) is 3.66. The Labute approximate surface area is 106 Å². The zero-order valence-electron chi connectivity index (χ0n) is 9.18. The minimum absolute atomic E-state index is 0.364. The van der Waals surface area contributed by atoms with Gasteiger partial charge in [0.15, 0.2) is 6.10 Å². The fraction of sp³-hybridized carbons (Fsp3) is 0.300. The summed E-state index contributed by atoms with van der Waals surface area (Å²) < 4.78 is 88.0. The highest BCUT2D eigenvalue weighted by Gasteiger charge is 2.44. The van der Waals surface area contributed by atoms with Crippen LogP contribution < -0.4 is 0 Å².